The van der Waals surface area contributed by atoms with Crippen molar-refractivity contribution in [1.29, 1.82) is 0 Å². The smallest absolute Gasteiger partial charge is 0.222 e. The van der Waals surface area contributed by atoms with E-state index < -0.39 is 0 Å². The van der Waals surface area contributed by atoms with E-state index in [4.69, 9.17) is 0 Å². The monoisotopic (exact) mass is 304 g/mol. The van der Waals surface area contributed by atoms with E-state index in [2.05, 4.69) is 15.9 Å². The third-order valence-electron chi connectivity index (χ3n) is 3.07. The maximum atomic E-state index is 11.9. The van der Waals surface area contributed by atoms with Gasteiger partial charge in [0, 0.05) is 44.9 Å². The summed E-state index contributed by atoms with van der Waals surface area (Å²) in [5, 5.41) is 0.957. The fourth-order valence-corrected chi connectivity index (χ4v) is 2.41. The van der Waals surface area contributed by atoms with Crippen LogP contribution >= 0.6 is 15.9 Å². The number of rotatable bonds is 4. The number of amides is 2. The molecule has 0 aromatic heterocycles. The molecular formula is C12H21BrN2O2. The topological polar surface area (TPSA) is 40.6 Å². The van der Waals surface area contributed by atoms with Crippen LogP contribution in [0.15, 0.2) is 0 Å². The highest BCUT2D eigenvalue weighted by molar-refractivity contribution is 9.09. The van der Waals surface area contributed by atoms with Gasteiger partial charge >= 0.3 is 0 Å². The average Bonchev–Trinajstić information content (AvgIpc) is 2.54. The van der Waals surface area contributed by atoms with Crippen molar-refractivity contribution in [1.82, 2.24) is 9.80 Å². The highest BCUT2D eigenvalue weighted by Gasteiger charge is 2.19. The molecule has 0 spiro atoms. The number of alkyl halides is 1. The highest BCUT2D eigenvalue weighted by Crippen LogP contribution is 2.07. The molecule has 98 valence electrons. The molecule has 1 aliphatic heterocycles. The summed E-state index contributed by atoms with van der Waals surface area (Å²) in [5.41, 5.74) is 0. The number of hydrogen-bond donors (Lipinski definition) is 0. The van der Waals surface area contributed by atoms with Gasteiger partial charge in [0.25, 0.3) is 0 Å². The maximum Gasteiger partial charge on any atom is 0.222 e. The molecule has 0 N–H and O–H groups in total. The molecule has 4 nitrogen and oxygen atoms in total. The van der Waals surface area contributed by atoms with Gasteiger partial charge in [-0.25, -0.2) is 0 Å². The van der Waals surface area contributed by atoms with Crippen LogP contribution in [0.1, 0.15) is 32.6 Å². The second kappa shape index (κ2) is 7.69. The normalized spacial score (nSPS) is 16.8. The van der Waals surface area contributed by atoms with Gasteiger partial charge in [0.05, 0.1) is 0 Å². The Bertz CT molecular complexity index is 271. The molecule has 0 unspecified atom stereocenters. The highest BCUT2D eigenvalue weighted by atomic mass is 79.9. The zero-order valence-electron chi connectivity index (χ0n) is 10.5. The first-order chi connectivity index (χ1) is 8.15. The van der Waals surface area contributed by atoms with Crippen LogP contribution in [0.4, 0.5) is 0 Å². The van der Waals surface area contributed by atoms with E-state index in [9.17, 15) is 9.59 Å². The largest absolute Gasteiger partial charge is 0.341 e. The van der Waals surface area contributed by atoms with Crippen LogP contribution in [-0.2, 0) is 9.59 Å². The van der Waals surface area contributed by atoms with Crippen molar-refractivity contribution in [2.75, 3.05) is 31.5 Å². The molecule has 1 fully saturated rings. The Balaban J connectivity index is 2.34. The lowest BCUT2D eigenvalue weighted by molar-refractivity contribution is -0.132. The fraction of sp³-hybridized carbons (Fsp3) is 0.833. The molecule has 2 amide bonds. The van der Waals surface area contributed by atoms with Crippen molar-refractivity contribution in [3.8, 4) is 0 Å². The van der Waals surface area contributed by atoms with Gasteiger partial charge in [0.1, 0.15) is 0 Å². The number of halogens is 1. The molecule has 0 bridgehead atoms. The Morgan fingerprint density at radius 1 is 1.06 bits per heavy atom. The summed E-state index contributed by atoms with van der Waals surface area (Å²) >= 11 is 3.36. The minimum Gasteiger partial charge on any atom is -0.341 e. The Labute approximate surface area is 111 Å². The van der Waals surface area contributed by atoms with Crippen molar-refractivity contribution in [3.05, 3.63) is 0 Å². The summed E-state index contributed by atoms with van der Waals surface area (Å²) in [6.07, 6.45) is 3.51. The number of nitrogens with zero attached hydrogens (tertiary/aromatic N) is 2. The quantitative estimate of drug-likeness (QED) is 0.585. The van der Waals surface area contributed by atoms with Crippen LogP contribution in [-0.4, -0.2) is 53.1 Å². The first kappa shape index (κ1) is 14.5. The summed E-state index contributed by atoms with van der Waals surface area (Å²) in [5.74, 6) is 0.343. The van der Waals surface area contributed by atoms with E-state index in [0.29, 0.717) is 19.5 Å². The van der Waals surface area contributed by atoms with Gasteiger partial charge in [0.2, 0.25) is 11.8 Å². The van der Waals surface area contributed by atoms with Crippen LogP contribution in [0.3, 0.4) is 0 Å². The first-order valence-electron chi connectivity index (χ1n) is 6.24. The number of unbranched alkanes of at least 4 members (excludes halogenated alkanes) is 1. The van der Waals surface area contributed by atoms with Crippen molar-refractivity contribution in [2.24, 2.45) is 0 Å². The molecule has 1 saturated heterocycles. The fourth-order valence-electron chi connectivity index (χ4n) is 2.01. The first-order valence-corrected chi connectivity index (χ1v) is 7.36. The molecule has 1 heterocycles. The van der Waals surface area contributed by atoms with Gasteiger partial charge in [0.15, 0.2) is 0 Å². The molecule has 5 heteroatoms. The Morgan fingerprint density at radius 3 is 2.35 bits per heavy atom. The molecule has 0 aliphatic carbocycles. The van der Waals surface area contributed by atoms with Gasteiger partial charge in [-0.3, -0.25) is 9.59 Å². The minimum atomic E-state index is 0.110. The Morgan fingerprint density at radius 2 is 1.71 bits per heavy atom. The van der Waals surface area contributed by atoms with Crippen molar-refractivity contribution in [2.45, 2.75) is 32.6 Å². The molecular weight excluding hydrogens is 284 g/mol. The summed E-state index contributed by atoms with van der Waals surface area (Å²) in [6.45, 7) is 4.52. The standard InChI is InChI=1S/C12H21BrN2O2/c1-11(16)14-7-4-8-15(10-9-14)12(17)5-2-3-6-13/h2-10H2,1H3. The van der Waals surface area contributed by atoms with E-state index in [-0.39, 0.29) is 11.8 Å². The molecule has 0 atom stereocenters. The van der Waals surface area contributed by atoms with Crippen molar-refractivity contribution in [3.63, 3.8) is 0 Å². The second-order valence-electron chi connectivity index (χ2n) is 4.39. The van der Waals surface area contributed by atoms with E-state index in [1.807, 2.05) is 9.80 Å². The van der Waals surface area contributed by atoms with Crippen LogP contribution < -0.4 is 0 Å². The third kappa shape index (κ3) is 5.06. The second-order valence-corrected chi connectivity index (χ2v) is 5.18. The van der Waals surface area contributed by atoms with Crippen LogP contribution in [0, 0.1) is 0 Å². The predicted octanol–water partition coefficient (Wildman–Crippen LogP) is 1.63. The summed E-state index contributed by atoms with van der Waals surface area (Å²) in [7, 11) is 0. The zero-order chi connectivity index (χ0) is 12.7. The van der Waals surface area contributed by atoms with E-state index in [0.717, 1.165) is 37.7 Å². The number of hydrogen-bond acceptors (Lipinski definition) is 2. The van der Waals surface area contributed by atoms with E-state index >= 15 is 0 Å². The van der Waals surface area contributed by atoms with Gasteiger partial charge in [-0.1, -0.05) is 15.9 Å². The van der Waals surface area contributed by atoms with Gasteiger partial charge in [-0.15, -0.1) is 0 Å². The number of carbonyl (C=O) groups is 2. The molecule has 0 radical (unpaired) electrons. The Hall–Kier alpha value is -0.580. The molecule has 0 aromatic carbocycles. The van der Waals surface area contributed by atoms with E-state index in [1.165, 1.54) is 0 Å². The predicted molar refractivity (Wildman–Crippen MR) is 71.1 cm³/mol. The molecule has 17 heavy (non-hydrogen) atoms. The van der Waals surface area contributed by atoms with Crippen LogP contribution in [0.5, 0.6) is 0 Å². The van der Waals surface area contributed by atoms with Crippen molar-refractivity contribution < 1.29 is 9.59 Å². The summed E-state index contributed by atoms with van der Waals surface area (Å²) in [4.78, 5) is 26.9. The number of carbonyl (C=O) groups excluding carboxylic acids is 2. The molecule has 1 aliphatic rings. The van der Waals surface area contributed by atoms with Gasteiger partial charge in [-0.2, -0.15) is 0 Å². The zero-order valence-corrected chi connectivity index (χ0v) is 12.0. The Kier molecular flexibility index (Phi) is 6.55. The lowest BCUT2D eigenvalue weighted by Crippen LogP contribution is -2.36. The van der Waals surface area contributed by atoms with Gasteiger partial charge < -0.3 is 9.80 Å². The van der Waals surface area contributed by atoms with Crippen LogP contribution in [0.25, 0.3) is 0 Å². The van der Waals surface area contributed by atoms with E-state index in [1.54, 1.807) is 6.92 Å². The minimum absolute atomic E-state index is 0.110. The lowest BCUT2D eigenvalue weighted by Gasteiger charge is -2.21. The molecule has 0 saturated carbocycles. The lowest BCUT2D eigenvalue weighted by atomic mass is 10.2. The van der Waals surface area contributed by atoms with Crippen LogP contribution in [0.2, 0.25) is 0 Å². The maximum absolute atomic E-state index is 11.9. The van der Waals surface area contributed by atoms with Crippen molar-refractivity contribution >= 4 is 27.7 Å². The molecule has 1 rings (SSSR count). The average molecular weight is 305 g/mol. The summed E-state index contributed by atoms with van der Waals surface area (Å²) < 4.78 is 0. The SMILES string of the molecule is CC(=O)N1CCCN(C(=O)CCCCBr)CC1. The summed E-state index contributed by atoms with van der Waals surface area (Å²) in [6, 6.07) is 0. The molecule has 0 aromatic rings. The van der Waals surface area contributed by atoms with Gasteiger partial charge in [-0.05, 0) is 19.3 Å². The third-order valence-corrected chi connectivity index (χ3v) is 3.63.